The van der Waals surface area contributed by atoms with Crippen LogP contribution in [0.5, 0.6) is 0 Å². The highest BCUT2D eigenvalue weighted by molar-refractivity contribution is 4.76. The molecule has 0 bridgehead atoms. The Bertz CT molecular complexity index is 143. The van der Waals surface area contributed by atoms with Crippen molar-refractivity contribution < 1.29 is 0 Å². The fourth-order valence-corrected chi connectivity index (χ4v) is 2.80. The second kappa shape index (κ2) is 5.19. The zero-order valence-corrected chi connectivity index (χ0v) is 10.7. The van der Waals surface area contributed by atoms with Gasteiger partial charge in [0.05, 0.1) is 0 Å². The Morgan fingerprint density at radius 1 is 0.571 bits per heavy atom. The lowest BCUT2D eigenvalue weighted by Crippen LogP contribution is -2.21. The van der Waals surface area contributed by atoms with Gasteiger partial charge in [0.15, 0.2) is 0 Å². The average molecular weight is 196 g/mol. The van der Waals surface area contributed by atoms with Crippen LogP contribution in [0.15, 0.2) is 0 Å². The van der Waals surface area contributed by atoms with E-state index < -0.39 is 0 Å². The summed E-state index contributed by atoms with van der Waals surface area (Å²) in [7, 11) is 0. The largest absolute Gasteiger partial charge is 0.0625 e. The fraction of sp³-hybridized carbons (Fsp3) is 1.00. The molecule has 0 aromatic carbocycles. The lowest BCUT2D eigenvalue weighted by atomic mass is 9.77. The van der Waals surface area contributed by atoms with Crippen LogP contribution in [0.4, 0.5) is 0 Å². The summed E-state index contributed by atoms with van der Waals surface area (Å²) in [4.78, 5) is 0. The van der Waals surface area contributed by atoms with Crippen LogP contribution in [0.25, 0.3) is 0 Å². The highest BCUT2D eigenvalue weighted by atomic mass is 14.3. The molecule has 0 amide bonds. The average Bonchev–Trinajstić information content (AvgIpc) is 2.21. The zero-order valence-electron chi connectivity index (χ0n) is 10.7. The van der Waals surface area contributed by atoms with Crippen LogP contribution in [0.2, 0.25) is 0 Å². The third-order valence-corrected chi connectivity index (χ3v) is 4.85. The first-order chi connectivity index (χ1) is 6.52. The maximum absolute atomic E-state index is 2.46. The van der Waals surface area contributed by atoms with Crippen LogP contribution in [0.1, 0.15) is 60.3 Å². The van der Waals surface area contributed by atoms with Gasteiger partial charge in [-0.3, -0.25) is 0 Å². The van der Waals surface area contributed by atoms with Crippen molar-refractivity contribution >= 4 is 0 Å². The minimum absolute atomic E-state index is 0.912. The molecule has 14 heavy (non-hydrogen) atoms. The third kappa shape index (κ3) is 3.00. The van der Waals surface area contributed by atoms with Gasteiger partial charge in [0.1, 0.15) is 0 Å². The minimum Gasteiger partial charge on any atom is -0.0625 e. The molecular weight excluding hydrogens is 168 g/mol. The second-order valence-corrected chi connectivity index (χ2v) is 5.93. The molecule has 1 aliphatic carbocycles. The van der Waals surface area contributed by atoms with Gasteiger partial charge in [0.2, 0.25) is 0 Å². The third-order valence-electron chi connectivity index (χ3n) is 4.85. The molecule has 4 unspecified atom stereocenters. The topological polar surface area (TPSA) is 0 Å². The van der Waals surface area contributed by atoms with E-state index in [0.29, 0.717) is 0 Å². The quantitative estimate of drug-likeness (QED) is 0.525. The summed E-state index contributed by atoms with van der Waals surface area (Å²) in [6, 6.07) is 0. The standard InChI is InChI=1S/C14H28/c1-10-6-8-11(2)13(4)14(5)12(3)9-7-10/h10-14H,6-9H2,1-5H3. The van der Waals surface area contributed by atoms with Gasteiger partial charge in [-0.15, -0.1) is 0 Å². The molecular formula is C14H28. The predicted molar refractivity (Wildman–Crippen MR) is 64.3 cm³/mol. The van der Waals surface area contributed by atoms with Crippen LogP contribution in [-0.4, -0.2) is 0 Å². The van der Waals surface area contributed by atoms with Crippen LogP contribution in [0, 0.1) is 29.6 Å². The summed E-state index contributed by atoms with van der Waals surface area (Å²) in [5, 5.41) is 0. The van der Waals surface area contributed by atoms with Crippen molar-refractivity contribution in [2.24, 2.45) is 29.6 Å². The van der Waals surface area contributed by atoms with Gasteiger partial charge >= 0.3 is 0 Å². The Kier molecular flexibility index (Phi) is 4.47. The molecule has 1 fully saturated rings. The molecule has 84 valence electrons. The van der Waals surface area contributed by atoms with Gasteiger partial charge in [-0.05, 0) is 29.6 Å². The molecule has 0 spiro atoms. The molecule has 0 aromatic heterocycles. The van der Waals surface area contributed by atoms with Crippen molar-refractivity contribution in [1.82, 2.24) is 0 Å². The minimum atomic E-state index is 0.912. The van der Waals surface area contributed by atoms with Crippen molar-refractivity contribution in [3.05, 3.63) is 0 Å². The molecule has 1 saturated carbocycles. The van der Waals surface area contributed by atoms with Gasteiger partial charge in [0.25, 0.3) is 0 Å². The maximum atomic E-state index is 2.46. The van der Waals surface area contributed by atoms with Crippen molar-refractivity contribution in [1.29, 1.82) is 0 Å². The lowest BCUT2D eigenvalue weighted by Gasteiger charge is -2.29. The molecule has 1 aliphatic rings. The normalized spacial score (nSPS) is 46.5. The summed E-state index contributed by atoms with van der Waals surface area (Å²) in [5.41, 5.74) is 0. The predicted octanol–water partition coefficient (Wildman–Crippen LogP) is 4.74. The SMILES string of the molecule is CC1CCC(C)C(C)C(C)C(C)CC1. The number of rotatable bonds is 0. The molecule has 0 aromatic rings. The molecule has 0 radical (unpaired) electrons. The molecule has 0 heterocycles. The summed E-state index contributed by atoms with van der Waals surface area (Å²) < 4.78 is 0. The Hall–Kier alpha value is 0. The van der Waals surface area contributed by atoms with Crippen LogP contribution in [0.3, 0.4) is 0 Å². The fourth-order valence-electron chi connectivity index (χ4n) is 2.80. The first-order valence-corrected chi connectivity index (χ1v) is 6.52. The molecule has 0 aliphatic heterocycles. The Morgan fingerprint density at radius 3 is 1.29 bits per heavy atom. The Balaban J connectivity index is 2.63. The monoisotopic (exact) mass is 196 g/mol. The van der Waals surface area contributed by atoms with Crippen LogP contribution >= 0.6 is 0 Å². The summed E-state index contributed by atoms with van der Waals surface area (Å²) in [6.07, 6.45) is 5.79. The molecule has 4 atom stereocenters. The van der Waals surface area contributed by atoms with E-state index in [1.807, 2.05) is 0 Å². The molecule has 0 nitrogen and oxygen atoms in total. The maximum Gasteiger partial charge on any atom is -0.0389 e. The van der Waals surface area contributed by atoms with Crippen molar-refractivity contribution in [3.8, 4) is 0 Å². The zero-order chi connectivity index (χ0) is 10.7. The van der Waals surface area contributed by atoms with Crippen molar-refractivity contribution in [2.75, 3.05) is 0 Å². The summed E-state index contributed by atoms with van der Waals surface area (Å²) >= 11 is 0. The van der Waals surface area contributed by atoms with Gasteiger partial charge in [-0.1, -0.05) is 60.3 Å². The van der Waals surface area contributed by atoms with E-state index >= 15 is 0 Å². The lowest BCUT2D eigenvalue weighted by molar-refractivity contribution is 0.205. The van der Waals surface area contributed by atoms with E-state index in [4.69, 9.17) is 0 Å². The van der Waals surface area contributed by atoms with Gasteiger partial charge < -0.3 is 0 Å². The first kappa shape index (κ1) is 12.1. The van der Waals surface area contributed by atoms with Gasteiger partial charge in [-0.2, -0.15) is 0 Å². The highest BCUT2D eigenvalue weighted by Gasteiger charge is 2.25. The van der Waals surface area contributed by atoms with E-state index in [9.17, 15) is 0 Å². The molecule has 0 saturated heterocycles. The summed E-state index contributed by atoms with van der Waals surface area (Å²) in [6.45, 7) is 12.3. The second-order valence-electron chi connectivity index (χ2n) is 5.93. The molecule has 1 rings (SSSR count). The molecule has 0 N–H and O–H groups in total. The highest BCUT2D eigenvalue weighted by Crippen LogP contribution is 2.35. The number of hydrogen-bond donors (Lipinski definition) is 0. The van der Waals surface area contributed by atoms with Gasteiger partial charge in [0, 0.05) is 0 Å². The smallest absolute Gasteiger partial charge is 0.0389 e. The Labute approximate surface area is 90.5 Å². The Morgan fingerprint density at radius 2 is 0.929 bits per heavy atom. The van der Waals surface area contributed by atoms with E-state index in [1.165, 1.54) is 25.7 Å². The summed E-state index contributed by atoms with van der Waals surface area (Å²) in [5.74, 6) is 4.63. The van der Waals surface area contributed by atoms with Crippen molar-refractivity contribution in [2.45, 2.75) is 60.3 Å². The number of hydrogen-bond acceptors (Lipinski definition) is 0. The van der Waals surface area contributed by atoms with E-state index in [2.05, 4.69) is 34.6 Å². The van der Waals surface area contributed by atoms with Crippen LogP contribution in [-0.2, 0) is 0 Å². The first-order valence-electron chi connectivity index (χ1n) is 6.52. The van der Waals surface area contributed by atoms with Gasteiger partial charge in [-0.25, -0.2) is 0 Å². The van der Waals surface area contributed by atoms with E-state index in [1.54, 1.807) is 0 Å². The van der Waals surface area contributed by atoms with Crippen molar-refractivity contribution in [3.63, 3.8) is 0 Å². The van der Waals surface area contributed by atoms with Crippen LogP contribution < -0.4 is 0 Å². The van der Waals surface area contributed by atoms with E-state index in [0.717, 1.165) is 29.6 Å². The van der Waals surface area contributed by atoms with E-state index in [-0.39, 0.29) is 0 Å². The molecule has 0 heteroatoms.